The van der Waals surface area contributed by atoms with E-state index in [9.17, 15) is 9.59 Å². The molecule has 0 aliphatic heterocycles. The fraction of sp³-hybridized carbons (Fsp3) is 0.125. The topological polar surface area (TPSA) is 67.4 Å². The molecule has 6 heteroatoms. The minimum atomic E-state index is -0.304. The van der Waals surface area contributed by atoms with E-state index in [1.807, 2.05) is 42.5 Å². The lowest BCUT2D eigenvalue weighted by atomic mass is 10.3. The molecule has 0 bridgehead atoms. The minimum absolute atomic E-state index is 0.262. The van der Waals surface area contributed by atoms with Crippen LogP contribution in [-0.2, 0) is 9.53 Å². The van der Waals surface area contributed by atoms with Gasteiger partial charge in [0.2, 0.25) is 0 Å². The number of esters is 1. The maximum absolute atomic E-state index is 11.8. The Morgan fingerprint density at radius 3 is 2.14 bits per heavy atom. The zero-order chi connectivity index (χ0) is 15.8. The van der Waals surface area contributed by atoms with E-state index in [4.69, 9.17) is 0 Å². The molecular weight excluding hydrogens is 300 g/mol. The molecule has 0 fully saturated rings. The molecule has 0 aliphatic carbocycles. The van der Waals surface area contributed by atoms with Gasteiger partial charge in [-0.05, 0) is 36.4 Å². The lowest BCUT2D eigenvalue weighted by molar-refractivity contribution is -0.137. The molecule has 2 amide bonds. The first-order valence-corrected chi connectivity index (χ1v) is 7.58. The highest BCUT2D eigenvalue weighted by molar-refractivity contribution is 8.00. The number of urea groups is 1. The quantitative estimate of drug-likeness (QED) is 0.653. The summed E-state index contributed by atoms with van der Waals surface area (Å²) in [6, 6.07) is 16.1. The van der Waals surface area contributed by atoms with Crippen LogP contribution in [0, 0.1) is 0 Å². The Kier molecular flexibility index (Phi) is 5.85. The van der Waals surface area contributed by atoms with Crippen LogP contribution >= 0.6 is 11.8 Å². The van der Waals surface area contributed by atoms with Crippen molar-refractivity contribution in [3.63, 3.8) is 0 Å². The van der Waals surface area contributed by atoms with Gasteiger partial charge in [0.1, 0.15) is 0 Å². The maximum atomic E-state index is 11.8. The largest absolute Gasteiger partial charge is 0.468 e. The monoisotopic (exact) mass is 316 g/mol. The Balaban J connectivity index is 1.85. The molecule has 2 aromatic carbocycles. The summed E-state index contributed by atoms with van der Waals surface area (Å²) in [4.78, 5) is 23.8. The van der Waals surface area contributed by atoms with E-state index in [0.717, 1.165) is 10.6 Å². The second-order valence-electron chi connectivity index (χ2n) is 4.33. The summed E-state index contributed by atoms with van der Waals surface area (Å²) in [7, 11) is 1.36. The Bertz CT molecular complexity index is 630. The molecule has 22 heavy (non-hydrogen) atoms. The number of hydrogen-bond acceptors (Lipinski definition) is 4. The molecule has 2 aromatic rings. The molecule has 0 radical (unpaired) electrons. The molecule has 5 nitrogen and oxygen atoms in total. The average Bonchev–Trinajstić information content (AvgIpc) is 2.54. The lowest BCUT2D eigenvalue weighted by Gasteiger charge is -2.08. The van der Waals surface area contributed by atoms with E-state index < -0.39 is 0 Å². The van der Waals surface area contributed by atoms with Crippen LogP contribution < -0.4 is 10.6 Å². The third kappa shape index (κ3) is 5.14. The van der Waals surface area contributed by atoms with Crippen LogP contribution in [-0.4, -0.2) is 24.9 Å². The van der Waals surface area contributed by atoms with Gasteiger partial charge in [0, 0.05) is 16.3 Å². The number of carbonyl (C=O) groups excluding carboxylic acids is 2. The van der Waals surface area contributed by atoms with E-state index in [1.165, 1.54) is 18.9 Å². The fourth-order valence-corrected chi connectivity index (χ4v) is 2.38. The zero-order valence-corrected chi connectivity index (χ0v) is 12.9. The van der Waals surface area contributed by atoms with Crippen molar-refractivity contribution in [1.82, 2.24) is 0 Å². The van der Waals surface area contributed by atoms with Gasteiger partial charge in [0.15, 0.2) is 0 Å². The maximum Gasteiger partial charge on any atom is 0.323 e. The first-order chi connectivity index (χ1) is 10.7. The van der Waals surface area contributed by atoms with Gasteiger partial charge in [0.25, 0.3) is 0 Å². The van der Waals surface area contributed by atoms with Gasteiger partial charge in [0.05, 0.1) is 12.9 Å². The molecule has 0 spiro atoms. The molecule has 0 atom stereocenters. The number of anilines is 2. The number of benzene rings is 2. The molecule has 0 saturated heterocycles. The number of amides is 2. The SMILES string of the molecule is COC(=O)CSc1ccc(NC(=O)Nc2ccccc2)cc1. The first-order valence-electron chi connectivity index (χ1n) is 6.60. The number of hydrogen-bond donors (Lipinski definition) is 2. The third-order valence-corrected chi connectivity index (χ3v) is 3.71. The molecule has 0 aliphatic rings. The molecule has 0 heterocycles. The molecule has 2 rings (SSSR count). The summed E-state index contributed by atoms with van der Waals surface area (Å²) >= 11 is 1.38. The lowest BCUT2D eigenvalue weighted by Crippen LogP contribution is -2.19. The molecule has 0 unspecified atom stereocenters. The van der Waals surface area contributed by atoms with Gasteiger partial charge in [-0.3, -0.25) is 4.79 Å². The Hall–Kier alpha value is -2.47. The third-order valence-electron chi connectivity index (χ3n) is 2.73. The van der Waals surface area contributed by atoms with Gasteiger partial charge in [-0.25, -0.2) is 4.79 Å². The van der Waals surface area contributed by atoms with Gasteiger partial charge < -0.3 is 15.4 Å². The van der Waals surface area contributed by atoms with Crippen molar-refractivity contribution in [1.29, 1.82) is 0 Å². The Labute approximate surface area is 133 Å². The number of carbonyl (C=O) groups is 2. The number of methoxy groups -OCH3 is 1. The second kappa shape index (κ2) is 8.09. The number of rotatable bonds is 5. The number of thioether (sulfide) groups is 1. The summed E-state index contributed by atoms with van der Waals surface area (Å²) in [5.74, 6) is -0.00736. The summed E-state index contributed by atoms with van der Waals surface area (Å²) in [5.41, 5.74) is 1.40. The molecule has 0 aromatic heterocycles. The molecular formula is C16H16N2O3S. The van der Waals surface area contributed by atoms with Crippen molar-refractivity contribution in [3.8, 4) is 0 Å². The summed E-state index contributed by atoms with van der Waals surface area (Å²) in [5, 5.41) is 5.48. The predicted molar refractivity (Wildman–Crippen MR) is 88.3 cm³/mol. The Morgan fingerprint density at radius 2 is 1.55 bits per heavy atom. The summed E-state index contributed by atoms with van der Waals surface area (Å²) in [6.45, 7) is 0. The van der Waals surface area contributed by atoms with Crippen molar-refractivity contribution in [2.75, 3.05) is 23.5 Å². The highest BCUT2D eigenvalue weighted by Gasteiger charge is 2.04. The summed E-state index contributed by atoms with van der Waals surface area (Å²) < 4.78 is 4.58. The van der Waals surface area contributed by atoms with Gasteiger partial charge >= 0.3 is 12.0 Å². The number of nitrogens with one attached hydrogen (secondary N) is 2. The highest BCUT2D eigenvalue weighted by atomic mass is 32.2. The highest BCUT2D eigenvalue weighted by Crippen LogP contribution is 2.20. The minimum Gasteiger partial charge on any atom is -0.468 e. The summed E-state index contributed by atoms with van der Waals surface area (Å²) in [6.07, 6.45) is 0. The molecule has 114 valence electrons. The number of ether oxygens (including phenoxy) is 1. The van der Waals surface area contributed by atoms with Crippen LogP contribution in [0.2, 0.25) is 0 Å². The Morgan fingerprint density at radius 1 is 0.955 bits per heavy atom. The van der Waals surface area contributed by atoms with Crippen LogP contribution in [0.1, 0.15) is 0 Å². The van der Waals surface area contributed by atoms with Crippen molar-refractivity contribution >= 4 is 35.1 Å². The van der Waals surface area contributed by atoms with Crippen molar-refractivity contribution in [2.24, 2.45) is 0 Å². The van der Waals surface area contributed by atoms with Gasteiger partial charge in [-0.2, -0.15) is 0 Å². The fourth-order valence-electron chi connectivity index (χ4n) is 1.65. The number of para-hydroxylation sites is 1. The van der Waals surface area contributed by atoms with Crippen LogP contribution in [0.15, 0.2) is 59.5 Å². The van der Waals surface area contributed by atoms with E-state index in [2.05, 4.69) is 15.4 Å². The van der Waals surface area contributed by atoms with Crippen LogP contribution in [0.3, 0.4) is 0 Å². The van der Waals surface area contributed by atoms with E-state index in [-0.39, 0.29) is 17.8 Å². The molecule has 0 saturated carbocycles. The van der Waals surface area contributed by atoms with Crippen LogP contribution in [0.25, 0.3) is 0 Å². The smallest absolute Gasteiger partial charge is 0.323 e. The first kappa shape index (κ1) is 15.9. The standard InChI is InChI=1S/C16H16N2O3S/c1-21-15(19)11-22-14-9-7-13(8-10-14)18-16(20)17-12-5-3-2-4-6-12/h2-10H,11H2,1H3,(H2,17,18,20). The van der Waals surface area contributed by atoms with Crippen LogP contribution in [0.5, 0.6) is 0 Å². The molecule has 2 N–H and O–H groups in total. The van der Waals surface area contributed by atoms with Gasteiger partial charge in [-0.1, -0.05) is 18.2 Å². The second-order valence-corrected chi connectivity index (χ2v) is 5.38. The van der Waals surface area contributed by atoms with Crippen molar-refractivity contribution in [2.45, 2.75) is 4.90 Å². The van der Waals surface area contributed by atoms with Gasteiger partial charge in [-0.15, -0.1) is 11.8 Å². The van der Waals surface area contributed by atoms with E-state index in [1.54, 1.807) is 12.1 Å². The van der Waals surface area contributed by atoms with Crippen LogP contribution in [0.4, 0.5) is 16.2 Å². The average molecular weight is 316 g/mol. The zero-order valence-electron chi connectivity index (χ0n) is 12.0. The normalized spacial score (nSPS) is 9.86. The van der Waals surface area contributed by atoms with Crippen molar-refractivity contribution < 1.29 is 14.3 Å². The van der Waals surface area contributed by atoms with E-state index >= 15 is 0 Å². The predicted octanol–water partition coefficient (Wildman–Crippen LogP) is 3.60. The van der Waals surface area contributed by atoms with Crippen molar-refractivity contribution in [3.05, 3.63) is 54.6 Å². The van der Waals surface area contributed by atoms with E-state index in [0.29, 0.717) is 5.69 Å².